The second kappa shape index (κ2) is 4.80. The Morgan fingerprint density at radius 1 is 1.62 bits per heavy atom. The molecule has 1 fully saturated rings. The fraction of sp³-hybridized carbons (Fsp3) is 0.750. The Bertz CT molecular complexity index is 346. The van der Waals surface area contributed by atoms with E-state index in [1.165, 1.54) is 23.6 Å². The van der Waals surface area contributed by atoms with Crippen molar-refractivity contribution in [3.63, 3.8) is 0 Å². The molecule has 0 bridgehead atoms. The lowest BCUT2D eigenvalue weighted by Gasteiger charge is -2.38. The molecule has 90 valence electrons. The predicted molar refractivity (Wildman–Crippen MR) is 69.6 cm³/mol. The largest absolute Gasteiger partial charge is 0.307 e. The Labute approximate surface area is 102 Å². The van der Waals surface area contributed by atoms with Crippen LogP contribution < -0.4 is 5.32 Å². The van der Waals surface area contributed by atoms with Gasteiger partial charge in [0, 0.05) is 31.6 Å². The van der Waals surface area contributed by atoms with Gasteiger partial charge in [0.05, 0.1) is 5.69 Å². The van der Waals surface area contributed by atoms with Crippen LogP contribution in [0, 0.1) is 5.41 Å². The van der Waals surface area contributed by atoms with Crippen LogP contribution >= 0.6 is 11.8 Å². The Morgan fingerprint density at radius 2 is 2.44 bits per heavy atom. The first-order chi connectivity index (χ1) is 7.59. The smallest absolute Gasteiger partial charge is 0.0518 e. The molecule has 1 aliphatic heterocycles. The molecule has 1 aromatic heterocycles. The van der Waals surface area contributed by atoms with Gasteiger partial charge in [-0.15, -0.1) is 0 Å². The molecule has 1 N–H and O–H groups in total. The maximum Gasteiger partial charge on any atom is 0.0518 e. The maximum absolute atomic E-state index is 4.19. The summed E-state index contributed by atoms with van der Waals surface area (Å²) in [6, 6.07) is 2.69. The second-order valence-corrected chi connectivity index (χ2v) is 6.34. The van der Waals surface area contributed by atoms with Crippen molar-refractivity contribution in [3.05, 3.63) is 18.0 Å². The van der Waals surface area contributed by atoms with Crippen molar-refractivity contribution < 1.29 is 0 Å². The average Bonchev–Trinajstić information content (AvgIpc) is 2.62. The summed E-state index contributed by atoms with van der Waals surface area (Å²) < 4.78 is 1.94. The van der Waals surface area contributed by atoms with Crippen molar-refractivity contribution in [1.82, 2.24) is 15.1 Å². The molecule has 1 unspecified atom stereocenters. The summed E-state index contributed by atoms with van der Waals surface area (Å²) >= 11 is 2.06. The summed E-state index contributed by atoms with van der Waals surface area (Å²) in [5.41, 5.74) is 1.68. The average molecular weight is 239 g/mol. The summed E-state index contributed by atoms with van der Waals surface area (Å²) in [5, 5.41) is 7.86. The number of nitrogens with zero attached hydrogens (tertiary/aromatic N) is 2. The lowest BCUT2D eigenvalue weighted by molar-refractivity contribution is 0.243. The lowest BCUT2D eigenvalue weighted by atomic mass is 9.82. The van der Waals surface area contributed by atoms with Crippen molar-refractivity contribution >= 4 is 11.8 Å². The van der Waals surface area contributed by atoms with Crippen LogP contribution in [0.4, 0.5) is 0 Å². The van der Waals surface area contributed by atoms with E-state index in [0.29, 0.717) is 11.5 Å². The van der Waals surface area contributed by atoms with E-state index >= 15 is 0 Å². The number of hydrogen-bond acceptors (Lipinski definition) is 3. The van der Waals surface area contributed by atoms with Crippen LogP contribution in [0.1, 0.15) is 26.0 Å². The van der Waals surface area contributed by atoms with Crippen LogP contribution in [-0.2, 0) is 13.6 Å². The van der Waals surface area contributed by atoms with Crippen molar-refractivity contribution in [2.45, 2.75) is 32.9 Å². The van der Waals surface area contributed by atoms with Crippen molar-refractivity contribution in [2.24, 2.45) is 12.5 Å². The minimum atomic E-state index is 0.420. The van der Waals surface area contributed by atoms with Crippen LogP contribution in [0.2, 0.25) is 0 Å². The highest BCUT2D eigenvalue weighted by Gasteiger charge is 2.32. The molecular weight excluding hydrogens is 218 g/mol. The minimum absolute atomic E-state index is 0.420. The van der Waals surface area contributed by atoms with E-state index in [-0.39, 0.29) is 0 Å². The Hall–Kier alpha value is -0.480. The Morgan fingerprint density at radius 3 is 3.06 bits per heavy atom. The molecule has 4 heteroatoms. The second-order valence-electron chi connectivity index (χ2n) is 5.19. The maximum atomic E-state index is 4.19. The molecule has 0 spiro atoms. The van der Waals surface area contributed by atoms with Gasteiger partial charge >= 0.3 is 0 Å². The fourth-order valence-corrected chi connectivity index (χ4v) is 3.72. The van der Waals surface area contributed by atoms with Crippen LogP contribution in [0.3, 0.4) is 0 Å². The zero-order valence-corrected chi connectivity index (χ0v) is 11.2. The lowest BCUT2D eigenvalue weighted by Crippen LogP contribution is -2.46. The molecule has 1 aromatic rings. The van der Waals surface area contributed by atoms with Crippen molar-refractivity contribution in [3.8, 4) is 0 Å². The first-order valence-corrected chi connectivity index (χ1v) is 7.03. The van der Waals surface area contributed by atoms with Gasteiger partial charge in [0.2, 0.25) is 0 Å². The fourth-order valence-electron chi connectivity index (χ4n) is 2.07. The SMILES string of the molecule is Cn1nccc1CNC1CSCCC1(C)C. The molecule has 0 aliphatic carbocycles. The molecule has 0 radical (unpaired) electrons. The van der Waals surface area contributed by atoms with E-state index < -0.39 is 0 Å². The first kappa shape index (κ1) is 12.0. The number of thioether (sulfide) groups is 1. The van der Waals surface area contributed by atoms with Crippen LogP contribution in [-0.4, -0.2) is 27.3 Å². The molecule has 1 aliphatic rings. The molecule has 0 amide bonds. The first-order valence-electron chi connectivity index (χ1n) is 5.87. The van der Waals surface area contributed by atoms with Gasteiger partial charge in [0.25, 0.3) is 0 Å². The van der Waals surface area contributed by atoms with Crippen LogP contribution in [0.5, 0.6) is 0 Å². The van der Waals surface area contributed by atoms with E-state index in [2.05, 4.69) is 42.1 Å². The van der Waals surface area contributed by atoms with E-state index in [9.17, 15) is 0 Å². The zero-order chi connectivity index (χ0) is 11.6. The summed E-state index contributed by atoms with van der Waals surface area (Å²) in [6.45, 7) is 5.66. The number of aromatic nitrogens is 2. The molecule has 2 rings (SSSR count). The molecule has 0 saturated carbocycles. The number of hydrogen-bond donors (Lipinski definition) is 1. The third kappa shape index (κ3) is 2.61. The molecule has 16 heavy (non-hydrogen) atoms. The number of nitrogens with one attached hydrogen (secondary N) is 1. The van der Waals surface area contributed by atoms with Gasteiger partial charge in [-0.25, -0.2) is 0 Å². The van der Waals surface area contributed by atoms with Gasteiger partial charge in [-0.3, -0.25) is 4.68 Å². The standard InChI is InChI=1S/C12H21N3S/c1-12(2)5-7-16-9-11(12)13-8-10-4-6-14-15(10)3/h4,6,11,13H,5,7-9H2,1-3H3. The highest BCUT2D eigenvalue weighted by molar-refractivity contribution is 7.99. The molecule has 0 aromatic carbocycles. The molecule has 1 atom stereocenters. The van der Waals surface area contributed by atoms with E-state index in [4.69, 9.17) is 0 Å². The van der Waals surface area contributed by atoms with Gasteiger partial charge in [-0.2, -0.15) is 16.9 Å². The quantitative estimate of drug-likeness (QED) is 0.875. The van der Waals surface area contributed by atoms with Crippen LogP contribution in [0.15, 0.2) is 12.3 Å². The normalized spacial score (nSPS) is 24.6. The summed E-state index contributed by atoms with van der Waals surface area (Å²) in [7, 11) is 2.00. The number of aryl methyl sites for hydroxylation is 1. The topological polar surface area (TPSA) is 29.9 Å². The highest BCUT2D eigenvalue weighted by Crippen LogP contribution is 2.34. The molecule has 3 nitrogen and oxygen atoms in total. The van der Waals surface area contributed by atoms with Crippen LogP contribution in [0.25, 0.3) is 0 Å². The third-order valence-corrected chi connectivity index (χ3v) is 4.63. The Kier molecular flexibility index (Phi) is 3.60. The highest BCUT2D eigenvalue weighted by atomic mass is 32.2. The van der Waals surface area contributed by atoms with E-state index in [1.807, 2.05) is 17.9 Å². The van der Waals surface area contributed by atoms with Gasteiger partial charge < -0.3 is 5.32 Å². The van der Waals surface area contributed by atoms with Crippen molar-refractivity contribution in [2.75, 3.05) is 11.5 Å². The monoisotopic (exact) mass is 239 g/mol. The van der Waals surface area contributed by atoms with Gasteiger partial charge in [0.15, 0.2) is 0 Å². The molecular formula is C12H21N3S. The molecule has 2 heterocycles. The summed E-state index contributed by atoms with van der Waals surface area (Å²) in [6.07, 6.45) is 3.17. The van der Waals surface area contributed by atoms with Gasteiger partial charge in [-0.05, 0) is 23.7 Å². The summed E-state index contributed by atoms with van der Waals surface area (Å²) in [4.78, 5) is 0. The van der Waals surface area contributed by atoms with E-state index in [1.54, 1.807) is 0 Å². The van der Waals surface area contributed by atoms with E-state index in [0.717, 1.165) is 6.54 Å². The van der Waals surface area contributed by atoms with Gasteiger partial charge in [0.1, 0.15) is 0 Å². The van der Waals surface area contributed by atoms with Crippen molar-refractivity contribution in [1.29, 1.82) is 0 Å². The zero-order valence-electron chi connectivity index (χ0n) is 10.4. The summed E-state index contributed by atoms with van der Waals surface area (Å²) in [5.74, 6) is 2.53. The minimum Gasteiger partial charge on any atom is -0.307 e. The third-order valence-electron chi connectivity index (χ3n) is 3.57. The Balaban J connectivity index is 1.92. The predicted octanol–water partition coefficient (Wildman–Crippen LogP) is 2.04. The van der Waals surface area contributed by atoms with Gasteiger partial charge in [-0.1, -0.05) is 13.8 Å². The molecule has 1 saturated heterocycles. The number of rotatable bonds is 3.